The maximum absolute atomic E-state index is 13.7. The molecule has 1 atom stereocenters. The monoisotopic (exact) mass is 587 g/mol. The summed E-state index contributed by atoms with van der Waals surface area (Å²) in [4.78, 5) is 28.2. The fourth-order valence-corrected chi connectivity index (χ4v) is 5.48. The van der Waals surface area contributed by atoms with Gasteiger partial charge in [-0.15, -0.1) is 0 Å². The summed E-state index contributed by atoms with van der Waals surface area (Å²) in [5.74, 6) is -0.456. The summed E-state index contributed by atoms with van der Waals surface area (Å²) in [6.45, 7) is 0. The van der Waals surface area contributed by atoms with Crippen molar-refractivity contribution in [1.82, 2.24) is 0 Å². The van der Waals surface area contributed by atoms with E-state index in [1.165, 1.54) is 19.1 Å². The maximum atomic E-state index is 13.7. The second kappa shape index (κ2) is 11.9. The third-order valence-corrected chi connectivity index (χ3v) is 7.60. The van der Waals surface area contributed by atoms with E-state index in [2.05, 4.69) is 5.32 Å². The quantitative estimate of drug-likeness (QED) is 0.253. The van der Waals surface area contributed by atoms with E-state index in [9.17, 15) is 28.0 Å². The lowest BCUT2D eigenvalue weighted by Crippen LogP contribution is -2.31. The number of para-hydroxylation sites is 2. The number of nitrogens with one attached hydrogen (secondary N) is 1. The van der Waals surface area contributed by atoms with Gasteiger partial charge in [0.05, 0.1) is 30.7 Å². The molecule has 7 nitrogen and oxygen atoms in total. The third-order valence-electron chi connectivity index (χ3n) is 5.97. The summed E-state index contributed by atoms with van der Waals surface area (Å²) in [5.41, 5.74) is -0.517. The van der Waals surface area contributed by atoms with E-state index in [0.29, 0.717) is 22.9 Å². The van der Waals surface area contributed by atoms with Gasteiger partial charge in [0.25, 0.3) is 5.91 Å². The molecule has 3 aromatic rings. The molecule has 0 aliphatic carbocycles. The predicted octanol–water partition coefficient (Wildman–Crippen LogP) is 6.44. The lowest BCUT2D eigenvalue weighted by molar-refractivity contribution is -0.137. The minimum Gasteiger partial charge on any atom is -0.497 e. The number of nitriles is 1. The van der Waals surface area contributed by atoms with E-state index in [4.69, 9.17) is 21.1 Å². The molecule has 0 aromatic heterocycles. The molecule has 1 N–H and O–H groups in total. The Balaban J connectivity index is 1.76. The van der Waals surface area contributed by atoms with E-state index in [1.807, 2.05) is 6.07 Å². The van der Waals surface area contributed by atoms with Crippen LogP contribution in [-0.2, 0) is 22.2 Å². The Morgan fingerprint density at radius 1 is 1.10 bits per heavy atom. The summed E-state index contributed by atoms with van der Waals surface area (Å²) in [6, 6.07) is 17.7. The second-order valence-electron chi connectivity index (χ2n) is 8.43. The Morgan fingerprint density at radius 2 is 1.80 bits per heavy atom. The number of halogens is 4. The molecule has 206 valence electrons. The minimum absolute atomic E-state index is 0.0261. The molecular formula is C28H21ClF3N3O4S. The molecule has 1 saturated heterocycles. The van der Waals surface area contributed by atoms with Crippen molar-refractivity contribution in [3.63, 3.8) is 0 Å². The van der Waals surface area contributed by atoms with E-state index >= 15 is 0 Å². The Bertz CT molecular complexity index is 1520. The van der Waals surface area contributed by atoms with E-state index in [1.54, 1.807) is 48.5 Å². The van der Waals surface area contributed by atoms with Gasteiger partial charge in [0.1, 0.15) is 28.2 Å². The molecule has 3 aromatic carbocycles. The minimum atomic E-state index is -4.60. The van der Waals surface area contributed by atoms with Gasteiger partial charge in [-0.05, 0) is 66.6 Å². The van der Waals surface area contributed by atoms with Crippen molar-refractivity contribution in [2.75, 3.05) is 24.4 Å². The second-order valence-corrected chi connectivity index (χ2v) is 10.0. The highest BCUT2D eigenvalue weighted by Gasteiger charge is 2.41. The van der Waals surface area contributed by atoms with Gasteiger partial charge in [-0.2, -0.15) is 18.4 Å². The first-order valence-electron chi connectivity index (χ1n) is 11.7. The standard InChI is InChI=1S/C28H21ClF3N3O4S/c1-38-19-10-8-18(9-11-19)35-26(37)24(14-16-13-17(28(30,31)32)7-12-21(16)29)40-27(35)20(15-33)25(36)34-22-5-3-4-6-23(22)39-2/h3-13,24H,14H2,1-2H3,(H,34,36)/b27-20-. The molecule has 0 saturated carbocycles. The zero-order valence-corrected chi connectivity index (χ0v) is 22.7. The Labute approximate surface area is 237 Å². The molecule has 0 radical (unpaired) electrons. The van der Waals surface area contributed by atoms with Gasteiger partial charge in [-0.1, -0.05) is 35.5 Å². The van der Waals surface area contributed by atoms with E-state index in [-0.39, 0.29) is 27.6 Å². The normalized spacial score (nSPS) is 16.4. The number of carbonyl (C=O) groups excluding carboxylic acids is 2. The molecule has 12 heteroatoms. The topological polar surface area (TPSA) is 91.7 Å². The number of amides is 2. The first-order valence-corrected chi connectivity index (χ1v) is 12.9. The van der Waals surface area contributed by atoms with Crippen LogP contribution < -0.4 is 19.7 Å². The number of nitrogens with zero attached hydrogens (tertiary/aromatic N) is 2. The molecule has 0 bridgehead atoms. The van der Waals surface area contributed by atoms with Crippen LogP contribution in [0, 0.1) is 11.3 Å². The van der Waals surface area contributed by atoms with Gasteiger partial charge in [0.15, 0.2) is 0 Å². The summed E-state index contributed by atoms with van der Waals surface area (Å²) in [7, 11) is 2.90. The van der Waals surface area contributed by atoms with Crippen molar-refractivity contribution in [2.45, 2.75) is 17.8 Å². The van der Waals surface area contributed by atoms with E-state index < -0.39 is 28.8 Å². The molecule has 4 rings (SSSR count). The summed E-state index contributed by atoms with van der Waals surface area (Å²) >= 11 is 7.10. The molecule has 0 spiro atoms. The van der Waals surface area contributed by atoms with Crippen molar-refractivity contribution in [1.29, 1.82) is 5.26 Å². The largest absolute Gasteiger partial charge is 0.497 e. The number of benzene rings is 3. The SMILES string of the molecule is COc1ccc(N2C(=O)C(Cc3cc(C(F)(F)F)ccc3Cl)S/C2=C(/C#N)C(=O)Nc2ccccc2OC)cc1. The number of hydrogen-bond acceptors (Lipinski definition) is 6. The zero-order valence-electron chi connectivity index (χ0n) is 21.1. The maximum Gasteiger partial charge on any atom is 0.416 e. The van der Waals surface area contributed by atoms with Crippen LogP contribution in [0.4, 0.5) is 24.5 Å². The number of carbonyl (C=O) groups is 2. The number of methoxy groups -OCH3 is 2. The first-order chi connectivity index (χ1) is 19.1. The van der Waals surface area contributed by atoms with Crippen LogP contribution in [0.15, 0.2) is 77.3 Å². The van der Waals surface area contributed by atoms with Gasteiger partial charge in [-0.25, -0.2) is 0 Å². The van der Waals surface area contributed by atoms with Gasteiger partial charge in [0.2, 0.25) is 5.91 Å². The molecule has 40 heavy (non-hydrogen) atoms. The average molecular weight is 588 g/mol. The van der Waals surface area contributed by atoms with Crippen molar-refractivity contribution < 1.29 is 32.2 Å². The first kappa shape index (κ1) is 28.9. The third kappa shape index (κ3) is 6.03. The predicted molar refractivity (Wildman–Crippen MR) is 146 cm³/mol. The number of hydrogen-bond donors (Lipinski definition) is 1. The molecule has 1 aliphatic heterocycles. The fraction of sp³-hybridized carbons (Fsp3) is 0.179. The molecule has 1 heterocycles. The Morgan fingerprint density at radius 3 is 2.42 bits per heavy atom. The zero-order chi connectivity index (χ0) is 29.0. The van der Waals surface area contributed by atoms with Crippen LogP contribution in [0.3, 0.4) is 0 Å². The molecule has 1 fully saturated rings. The summed E-state index contributed by atoms with van der Waals surface area (Å²) in [6.07, 6.45) is -4.77. The van der Waals surface area contributed by atoms with Gasteiger partial charge in [-0.3, -0.25) is 14.5 Å². The van der Waals surface area contributed by atoms with Crippen molar-refractivity contribution >= 4 is 46.6 Å². The highest BCUT2D eigenvalue weighted by Crippen LogP contribution is 2.43. The van der Waals surface area contributed by atoms with E-state index in [0.717, 1.165) is 30.0 Å². The van der Waals surface area contributed by atoms with Crippen LogP contribution >= 0.6 is 23.4 Å². The number of alkyl halides is 3. The highest BCUT2D eigenvalue weighted by molar-refractivity contribution is 8.05. The smallest absolute Gasteiger partial charge is 0.416 e. The van der Waals surface area contributed by atoms with Gasteiger partial charge >= 0.3 is 6.18 Å². The number of thioether (sulfide) groups is 1. The Hall–Kier alpha value is -4.14. The lowest BCUT2D eigenvalue weighted by atomic mass is 10.0. The van der Waals surface area contributed by atoms with Crippen LogP contribution in [-0.4, -0.2) is 31.3 Å². The number of ether oxygens (including phenoxy) is 2. The van der Waals surface area contributed by atoms with Crippen molar-refractivity contribution in [3.8, 4) is 17.6 Å². The van der Waals surface area contributed by atoms with Crippen LogP contribution in [0.1, 0.15) is 11.1 Å². The number of rotatable bonds is 7. The number of anilines is 2. The van der Waals surface area contributed by atoms with Crippen LogP contribution in [0.25, 0.3) is 0 Å². The fourth-order valence-electron chi connectivity index (χ4n) is 3.99. The molecule has 2 amide bonds. The highest BCUT2D eigenvalue weighted by atomic mass is 35.5. The average Bonchev–Trinajstić information content (AvgIpc) is 3.25. The van der Waals surface area contributed by atoms with Crippen LogP contribution in [0.2, 0.25) is 5.02 Å². The molecular weight excluding hydrogens is 567 g/mol. The van der Waals surface area contributed by atoms with Crippen molar-refractivity contribution in [3.05, 3.63) is 93.5 Å². The molecule has 1 unspecified atom stereocenters. The lowest BCUT2D eigenvalue weighted by Gasteiger charge is -2.19. The summed E-state index contributed by atoms with van der Waals surface area (Å²) < 4.78 is 50.5. The van der Waals surface area contributed by atoms with Crippen molar-refractivity contribution in [2.24, 2.45) is 0 Å². The Kier molecular flexibility index (Phi) is 8.61. The molecule has 1 aliphatic rings. The van der Waals surface area contributed by atoms with Gasteiger partial charge in [0, 0.05) is 10.7 Å². The van der Waals surface area contributed by atoms with Gasteiger partial charge < -0.3 is 14.8 Å². The van der Waals surface area contributed by atoms with Crippen LogP contribution in [0.5, 0.6) is 11.5 Å². The summed E-state index contributed by atoms with van der Waals surface area (Å²) in [5, 5.41) is 11.8.